The normalized spacial score (nSPS) is 25.8. The van der Waals surface area contributed by atoms with Crippen molar-refractivity contribution in [2.75, 3.05) is 13.6 Å². The molecule has 1 N–H and O–H groups in total. The number of fused-ring (bicyclic) bond motifs is 3. The average molecular weight is 492 g/mol. The van der Waals surface area contributed by atoms with Crippen molar-refractivity contribution in [3.63, 3.8) is 0 Å². The summed E-state index contributed by atoms with van der Waals surface area (Å²) in [5.74, 6) is -1.28. The topological polar surface area (TPSA) is 138 Å². The van der Waals surface area contributed by atoms with Gasteiger partial charge in [-0.25, -0.2) is 4.68 Å². The van der Waals surface area contributed by atoms with Crippen LogP contribution in [0, 0.1) is 0 Å². The number of carbonyl (C=O) groups is 5. The number of likely N-dealkylation sites (tertiary alicyclic amines) is 1. The van der Waals surface area contributed by atoms with E-state index in [-0.39, 0.29) is 54.4 Å². The number of amides is 5. The van der Waals surface area contributed by atoms with Gasteiger partial charge >= 0.3 is 0 Å². The molecule has 3 fully saturated rings. The minimum absolute atomic E-state index is 0.0396. The Labute approximate surface area is 206 Å². The smallest absolute Gasteiger partial charge is 0.276 e. The fourth-order valence-corrected chi connectivity index (χ4v) is 5.75. The van der Waals surface area contributed by atoms with E-state index in [4.69, 9.17) is 0 Å². The van der Waals surface area contributed by atoms with Crippen LogP contribution in [0.2, 0.25) is 0 Å². The van der Waals surface area contributed by atoms with Crippen molar-refractivity contribution in [3.8, 4) is 5.69 Å². The fraction of sp³-hybridized carbons (Fsp3) is 0.458. The zero-order valence-electron chi connectivity index (χ0n) is 19.7. The van der Waals surface area contributed by atoms with E-state index in [1.165, 1.54) is 15.8 Å². The molecule has 5 amide bonds. The van der Waals surface area contributed by atoms with Crippen molar-refractivity contribution < 1.29 is 24.0 Å². The van der Waals surface area contributed by atoms with Gasteiger partial charge in [0.1, 0.15) is 6.04 Å². The first-order valence-electron chi connectivity index (χ1n) is 12.1. The van der Waals surface area contributed by atoms with Gasteiger partial charge in [0.05, 0.1) is 17.9 Å². The lowest BCUT2D eigenvalue weighted by atomic mass is 10.0. The lowest BCUT2D eigenvalue weighted by Gasteiger charge is -2.29. The first kappa shape index (κ1) is 22.4. The molecule has 36 heavy (non-hydrogen) atoms. The Hall–Kier alpha value is -4.09. The molecule has 3 atom stereocenters. The average Bonchev–Trinajstić information content (AvgIpc) is 3.55. The predicted octanol–water partition coefficient (Wildman–Crippen LogP) is -0.136. The number of likely N-dealkylation sites (N-methyl/N-ethyl adjacent to an activating group) is 1. The Bertz CT molecular complexity index is 1320. The number of nitrogens with zero attached hydrogens (tertiary/aromatic N) is 6. The Morgan fingerprint density at radius 1 is 1.08 bits per heavy atom. The molecule has 12 heteroatoms. The van der Waals surface area contributed by atoms with E-state index >= 15 is 0 Å². The number of rotatable bonds is 3. The van der Waals surface area contributed by atoms with Crippen LogP contribution in [0.5, 0.6) is 0 Å². The Kier molecular flexibility index (Phi) is 5.13. The summed E-state index contributed by atoms with van der Waals surface area (Å²) in [5, 5.41) is 10.5. The molecule has 6 rings (SSSR count). The van der Waals surface area contributed by atoms with Gasteiger partial charge in [0.2, 0.25) is 17.7 Å². The molecule has 0 spiro atoms. The summed E-state index contributed by atoms with van der Waals surface area (Å²) >= 11 is 0. The summed E-state index contributed by atoms with van der Waals surface area (Å²) < 4.78 is 1.45. The van der Waals surface area contributed by atoms with Crippen LogP contribution in [0.15, 0.2) is 24.4 Å². The van der Waals surface area contributed by atoms with Gasteiger partial charge in [-0.05, 0) is 37.0 Å². The molecule has 0 saturated carbocycles. The van der Waals surface area contributed by atoms with Crippen LogP contribution in [-0.4, -0.2) is 90.9 Å². The van der Waals surface area contributed by atoms with Gasteiger partial charge in [0.15, 0.2) is 5.69 Å². The number of imide groups is 1. The van der Waals surface area contributed by atoms with Crippen LogP contribution >= 0.6 is 0 Å². The van der Waals surface area contributed by atoms with E-state index in [1.54, 1.807) is 35.0 Å². The third-order valence-corrected chi connectivity index (χ3v) is 7.66. The quantitative estimate of drug-likeness (QED) is 0.590. The van der Waals surface area contributed by atoms with Crippen LogP contribution in [0.3, 0.4) is 0 Å². The SMILES string of the molecule is CN1C[C@@H]2CC[C@H](CC1=O)N2C(=O)c1cn(-c2ccc3c(c2)C(=O)N(C2CCC(=O)NC2=O)C3)nn1. The van der Waals surface area contributed by atoms with Gasteiger partial charge in [-0.1, -0.05) is 11.3 Å². The molecule has 4 aliphatic rings. The molecule has 1 aromatic heterocycles. The lowest BCUT2D eigenvalue weighted by molar-refractivity contribution is -0.137. The van der Waals surface area contributed by atoms with Gasteiger partial charge in [0, 0.05) is 44.6 Å². The number of aromatic nitrogens is 3. The molecule has 2 aromatic rings. The molecule has 1 aromatic carbocycles. The Balaban J connectivity index is 1.22. The van der Waals surface area contributed by atoms with Crippen LogP contribution in [0.25, 0.3) is 5.69 Å². The minimum Gasteiger partial charge on any atom is -0.344 e. The molecule has 4 aliphatic heterocycles. The molecule has 2 bridgehead atoms. The number of piperidine rings is 1. The summed E-state index contributed by atoms with van der Waals surface area (Å²) in [7, 11) is 1.76. The maximum atomic E-state index is 13.3. The highest BCUT2D eigenvalue weighted by Gasteiger charge is 2.43. The second-order valence-electron chi connectivity index (χ2n) is 9.87. The number of nitrogens with one attached hydrogen (secondary N) is 1. The summed E-state index contributed by atoms with van der Waals surface area (Å²) in [5.41, 5.74) is 1.97. The van der Waals surface area contributed by atoms with Crippen molar-refractivity contribution in [1.82, 2.24) is 35.0 Å². The molecule has 5 heterocycles. The molecule has 1 unspecified atom stereocenters. The van der Waals surface area contributed by atoms with Crippen molar-refractivity contribution in [3.05, 3.63) is 41.2 Å². The second kappa shape index (κ2) is 8.25. The Morgan fingerprint density at radius 3 is 2.69 bits per heavy atom. The van der Waals surface area contributed by atoms with Crippen LogP contribution in [0.4, 0.5) is 0 Å². The third kappa shape index (κ3) is 3.55. The van der Waals surface area contributed by atoms with Crippen LogP contribution < -0.4 is 5.32 Å². The van der Waals surface area contributed by atoms with Gasteiger partial charge in [-0.2, -0.15) is 0 Å². The maximum absolute atomic E-state index is 13.3. The van der Waals surface area contributed by atoms with E-state index in [1.807, 2.05) is 0 Å². The van der Waals surface area contributed by atoms with Crippen molar-refractivity contribution >= 4 is 29.5 Å². The van der Waals surface area contributed by atoms with Crippen molar-refractivity contribution in [2.24, 2.45) is 0 Å². The van der Waals surface area contributed by atoms with Crippen LogP contribution in [-0.2, 0) is 20.9 Å². The molecule has 0 aliphatic carbocycles. The molecular formula is C24H25N7O5. The van der Waals surface area contributed by atoms with E-state index in [9.17, 15) is 24.0 Å². The van der Waals surface area contributed by atoms with Gasteiger partial charge < -0.3 is 14.7 Å². The second-order valence-corrected chi connectivity index (χ2v) is 9.87. The predicted molar refractivity (Wildman–Crippen MR) is 123 cm³/mol. The summed E-state index contributed by atoms with van der Waals surface area (Å²) in [4.78, 5) is 67.4. The molecule has 186 valence electrons. The van der Waals surface area contributed by atoms with Gasteiger partial charge in [0.25, 0.3) is 11.8 Å². The fourth-order valence-electron chi connectivity index (χ4n) is 5.75. The third-order valence-electron chi connectivity index (χ3n) is 7.66. The number of benzene rings is 1. The standard InChI is InChI=1S/C24H25N7O5/c1-28-11-16-5-4-15(9-21(28)33)31(16)24(36)18-12-30(27-26-18)14-3-2-13-10-29(23(35)17(13)8-14)19-6-7-20(32)25-22(19)34/h2-3,8,12,15-16,19H,4-7,9-11H2,1H3,(H,25,32,34)/t15-,16+,19?/m1/s1. The molecular weight excluding hydrogens is 466 g/mol. The zero-order chi connectivity index (χ0) is 25.1. The highest BCUT2D eigenvalue weighted by molar-refractivity contribution is 6.05. The van der Waals surface area contributed by atoms with Gasteiger partial charge in [-0.3, -0.25) is 29.3 Å². The number of hydrogen-bond acceptors (Lipinski definition) is 7. The lowest BCUT2D eigenvalue weighted by Crippen LogP contribution is -2.52. The molecule has 0 radical (unpaired) electrons. The number of carbonyl (C=O) groups excluding carboxylic acids is 5. The van der Waals surface area contributed by atoms with E-state index < -0.39 is 11.9 Å². The van der Waals surface area contributed by atoms with Crippen LogP contribution in [0.1, 0.15) is 58.5 Å². The van der Waals surface area contributed by atoms with Crippen molar-refractivity contribution in [2.45, 2.75) is 56.8 Å². The first-order chi connectivity index (χ1) is 17.3. The summed E-state index contributed by atoms with van der Waals surface area (Å²) in [6, 6.07) is 4.40. The Morgan fingerprint density at radius 2 is 1.89 bits per heavy atom. The van der Waals surface area contributed by atoms with E-state index in [0.29, 0.717) is 30.6 Å². The zero-order valence-corrected chi connectivity index (χ0v) is 19.7. The van der Waals surface area contributed by atoms with Gasteiger partial charge in [-0.15, -0.1) is 5.10 Å². The summed E-state index contributed by atoms with van der Waals surface area (Å²) in [6.07, 6.45) is 3.98. The molecule has 3 saturated heterocycles. The van der Waals surface area contributed by atoms with E-state index in [0.717, 1.165) is 18.4 Å². The summed E-state index contributed by atoms with van der Waals surface area (Å²) in [6.45, 7) is 0.790. The largest absolute Gasteiger partial charge is 0.344 e. The van der Waals surface area contributed by atoms with E-state index in [2.05, 4.69) is 15.6 Å². The minimum atomic E-state index is -0.684. The molecule has 12 nitrogen and oxygen atoms in total. The number of hydrogen-bond donors (Lipinski definition) is 1. The highest BCUT2D eigenvalue weighted by atomic mass is 16.2. The first-order valence-corrected chi connectivity index (χ1v) is 12.1. The highest BCUT2D eigenvalue weighted by Crippen LogP contribution is 2.32. The van der Waals surface area contributed by atoms with Crippen molar-refractivity contribution in [1.29, 1.82) is 0 Å². The maximum Gasteiger partial charge on any atom is 0.276 e. The monoisotopic (exact) mass is 491 g/mol.